The summed E-state index contributed by atoms with van der Waals surface area (Å²) in [5.41, 5.74) is 1.25. The minimum atomic E-state index is -0.0573. The molecule has 0 radical (unpaired) electrons. The molecule has 3 atom stereocenters. The van der Waals surface area contributed by atoms with E-state index in [-0.39, 0.29) is 18.0 Å². The molecule has 1 fully saturated rings. The van der Waals surface area contributed by atoms with Gasteiger partial charge in [-0.1, -0.05) is 12.1 Å². The van der Waals surface area contributed by atoms with Gasteiger partial charge in [0.1, 0.15) is 5.60 Å². The highest BCUT2D eigenvalue weighted by Gasteiger charge is 2.44. The van der Waals surface area contributed by atoms with E-state index in [0.29, 0.717) is 12.0 Å². The van der Waals surface area contributed by atoms with Crippen LogP contribution in [0.15, 0.2) is 18.2 Å². The molecule has 0 aromatic heterocycles. The van der Waals surface area contributed by atoms with Crippen LogP contribution in [0.1, 0.15) is 37.7 Å². The topological polar surface area (TPSA) is 30.5 Å². The van der Waals surface area contributed by atoms with Crippen molar-refractivity contribution in [3.05, 3.63) is 23.8 Å². The average Bonchev–Trinajstić information content (AvgIpc) is 2.37. The molecule has 3 rings (SSSR count). The predicted molar refractivity (Wildman–Crippen MR) is 78.7 cm³/mol. The molecular weight excluding hydrogens is 262 g/mol. The summed E-state index contributed by atoms with van der Waals surface area (Å²) in [6.07, 6.45) is 3.37. The SMILES string of the molecule is CN[C@H]1CC2CC(C)(C1)Oc1c(OC)cccc12.Cl. The van der Waals surface area contributed by atoms with Gasteiger partial charge in [0.25, 0.3) is 0 Å². The van der Waals surface area contributed by atoms with Crippen LogP contribution < -0.4 is 14.8 Å². The summed E-state index contributed by atoms with van der Waals surface area (Å²) in [6.45, 7) is 2.22. The van der Waals surface area contributed by atoms with E-state index in [4.69, 9.17) is 9.47 Å². The third kappa shape index (κ3) is 2.41. The first-order valence-corrected chi connectivity index (χ1v) is 6.68. The number of fused-ring (bicyclic) bond motifs is 4. The van der Waals surface area contributed by atoms with E-state index >= 15 is 0 Å². The van der Waals surface area contributed by atoms with Gasteiger partial charge in [0.2, 0.25) is 0 Å². The summed E-state index contributed by atoms with van der Waals surface area (Å²) in [5, 5.41) is 3.41. The molecule has 2 unspecified atom stereocenters. The number of ether oxygens (including phenoxy) is 2. The third-order valence-corrected chi connectivity index (χ3v) is 4.35. The maximum atomic E-state index is 6.28. The molecule has 1 saturated carbocycles. The molecule has 2 aliphatic rings. The molecule has 106 valence electrons. The first kappa shape index (κ1) is 14.5. The molecule has 0 saturated heterocycles. The molecule has 1 aromatic rings. The Labute approximate surface area is 121 Å². The molecule has 19 heavy (non-hydrogen) atoms. The third-order valence-electron chi connectivity index (χ3n) is 4.35. The van der Waals surface area contributed by atoms with Crippen molar-refractivity contribution in [1.82, 2.24) is 5.32 Å². The van der Waals surface area contributed by atoms with E-state index < -0.39 is 0 Å². The quantitative estimate of drug-likeness (QED) is 0.905. The smallest absolute Gasteiger partial charge is 0.165 e. The first-order valence-electron chi connectivity index (χ1n) is 6.68. The number of methoxy groups -OCH3 is 1. The fourth-order valence-electron chi connectivity index (χ4n) is 3.55. The van der Waals surface area contributed by atoms with Crippen LogP contribution in [0.5, 0.6) is 11.5 Å². The van der Waals surface area contributed by atoms with Crippen LogP contribution >= 0.6 is 12.4 Å². The maximum absolute atomic E-state index is 6.28. The van der Waals surface area contributed by atoms with Gasteiger partial charge >= 0.3 is 0 Å². The normalized spacial score (nSPS) is 31.7. The van der Waals surface area contributed by atoms with Gasteiger partial charge in [-0.3, -0.25) is 0 Å². The highest BCUT2D eigenvalue weighted by Crippen LogP contribution is 2.51. The van der Waals surface area contributed by atoms with Crippen LogP contribution in [0, 0.1) is 0 Å². The Hall–Kier alpha value is -0.930. The van der Waals surface area contributed by atoms with Gasteiger partial charge in [-0.05, 0) is 38.8 Å². The molecular formula is C15H22ClNO2. The summed E-state index contributed by atoms with van der Waals surface area (Å²) in [7, 11) is 3.75. The number of halogens is 1. The number of para-hydroxylation sites is 1. The predicted octanol–water partition coefficient (Wildman–Crippen LogP) is 3.12. The number of benzene rings is 1. The van der Waals surface area contributed by atoms with Crippen LogP contribution in [-0.2, 0) is 0 Å². The summed E-state index contributed by atoms with van der Waals surface area (Å²) in [5.74, 6) is 2.42. The zero-order valence-electron chi connectivity index (χ0n) is 11.7. The van der Waals surface area contributed by atoms with E-state index in [0.717, 1.165) is 24.3 Å². The number of rotatable bonds is 2. The molecule has 1 aromatic carbocycles. The van der Waals surface area contributed by atoms with Crippen molar-refractivity contribution in [3.63, 3.8) is 0 Å². The highest BCUT2D eigenvalue weighted by molar-refractivity contribution is 5.85. The van der Waals surface area contributed by atoms with E-state index in [1.54, 1.807) is 7.11 Å². The van der Waals surface area contributed by atoms with Crippen molar-refractivity contribution in [1.29, 1.82) is 0 Å². The molecule has 1 aliphatic heterocycles. The fourth-order valence-corrected chi connectivity index (χ4v) is 3.55. The maximum Gasteiger partial charge on any atom is 0.165 e. The van der Waals surface area contributed by atoms with Gasteiger partial charge in [0.15, 0.2) is 11.5 Å². The minimum Gasteiger partial charge on any atom is -0.493 e. The van der Waals surface area contributed by atoms with E-state index in [2.05, 4.69) is 24.4 Å². The highest BCUT2D eigenvalue weighted by atomic mass is 35.5. The van der Waals surface area contributed by atoms with Crippen LogP contribution in [0.25, 0.3) is 0 Å². The summed E-state index contributed by atoms with van der Waals surface area (Å²) in [4.78, 5) is 0. The molecule has 4 heteroatoms. The Morgan fingerprint density at radius 3 is 2.84 bits per heavy atom. The molecule has 1 heterocycles. The van der Waals surface area contributed by atoms with E-state index in [1.807, 2.05) is 13.1 Å². The van der Waals surface area contributed by atoms with Crippen molar-refractivity contribution in [2.45, 2.75) is 43.7 Å². The van der Waals surface area contributed by atoms with Gasteiger partial charge in [0.05, 0.1) is 7.11 Å². The zero-order chi connectivity index (χ0) is 12.8. The monoisotopic (exact) mass is 283 g/mol. The van der Waals surface area contributed by atoms with Crippen molar-refractivity contribution >= 4 is 12.4 Å². The molecule has 1 N–H and O–H groups in total. The van der Waals surface area contributed by atoms with Gasteiger partial charge in [-0.2, -0.15) is 0 Å². The Balaban J connectivity index is 0.00000133. The lowest BCUT2D eigenvalue weighted by Crippen LogP contribution is -2.49. The Morgan fingerprint density at radius 1 is 1.37 bits per heavy atom. The standard InChI is InChI=1S/C15H21NO2.ClH/c1-15-8-10(7-11(9-15)16-2)12-5-4-6-13(17-3)14(12)18-15;/h4-6,10-11,16H,7-9H2,1-3H3;1H/t10?,11-,15?;/m0./s1. The molecule has 2 bridgehead atoms. The van der Waals surface area contributed by atoms with Crippen LogP contribution in [0.3, 0.4) is 0 Å². The molecule has 1 aliphatic carbocycles. The van der Waals surface area contributed by atoms with Crippen LogP contribution in [0.4, 0.5) is 0 Å². The summed E-state index contributed by atoms with van der Waals surface area (Å²) < 4.78 is 11.7. The Morgan fingerprint density at radius 2 is 2.16 bits per heavy atom. The second-order valence-electron chi connectivity index (χ2n) is 5.76. The number of hydrogen-bond donors (Lipinski definition) is 1. The van der Waals surface area contributed by atoms with Crippen molar-refractivity contribution < 1.29 is 9.47 Å². The lowest BCUT2D eigenvalue weighted by Gasteiger charge is -2.47. The van der Waals surface area contributed by atoms with E-state index in [9.17, 15) is 0 Å². The Bertz CT molecular complexity index is 465. The second-order valence-corrected chi connectivity index (χ2v) is 5.76. The van der Waals surface area contributed by atoms with Gasteiger partial charge < -0.3 is 14.8 Å². The lowest BCUT2D eigenvalue weighted by atomic mass is 9.71. The molecule has 3 nitrogen and oxygen atoms in total. The first-order chi connectivity index (χ1) is 8.65. The number of hydrogen-bond acceptors (Lipinski definition) is 3. The summed E-state index contributed by atoms with van der Waals surface area (Å²) in [6, 6.07) is 6.78. The van der Waals surface area contributed by atoms with E-state index in [1.165, 1.54) is 12.0 Å². The zero-order valence-corrected chi connectivity index (χ0v) is 12.5. The van der Waals surface area contributed by atoms with Crippen LogP contribution in [-0.4, -0.2) is 25.8 Å². The van der Waals surface area contributed by atoms with Gasteiger partial charge in [0, 0.05) is 18.0 Å². The molecule has 0 spiro atoms. The van der Waals surface area contributed by atoms with Crippen LogP contribution in [0.2, 0.25) is 0 Å². The Kier molecular flexibility index (Phi) is 3.98. The minimum absolute atomic E-state index is 0. The largest absolute Gasteiger partial charge is 0.493 e. The van der Waals surface area contributed by atoms with Crippen molar-refractivity contribution in [2.24, 2.45) is 0 Å². The van der Waals surface area contributed by atoms with Crippen molar-refractivity contribution in [3.8, 4) is 11.5 Å². The lowest BCUT2D eigenvalue weighted by molar-refractivity contribution is 0.00649. The number of nitrogens with one attached hydrogen (secondary N) is 1. The summed E-state index contributed by atoms with van der Waals surface area (Å²) >= 11 is 0. The second kappa shape index (κ2) is 5.22. The van der Waals surface area contributed by atoms with Gasteiger partial charge in [-0.25, -0.2) is 0 Å². The fraction of sp³-hybridized carbons (Fsp3) is 0.600. The average molecular weight is 284 g/mol. The van der Waals surface area contributed by atoms with Crippen molar-refractivity contribution in [2.75, 3.05) is 14.2 Å². The van der Waals surface area contributed by atoms with Gasteiger partial charge in [-0.15, -0.1) is 12.4 Å². The molecule has 0 amide bonds.